The molecule has 0 aliphatic rings. The normalized spacial score (nSPS) is 12.2. The Hall–Kier alpha value is -1.59. The van der Waals surface area contributed by atoms with E-state index < -0.39 is 0 Å². The second-order valence-corrected chi connectivity index (χ2v) is 5.18. The molecule has 0 saturated heterocycles. The molecule has 18 heavy (non-hydrogen) atoms. The van der Waals surface area contributed by atoms with Gasteiger partial charge in [0.1, 0.15) is 6.33 Å². The van der Waals surface area contributed by atoms with Crippen molar-refractivity contribution in [3.05, 3.63) is 16.7 Å². The van der Waals surface area contributed by atoms with Crippen LogP contribution in [0.5, 0.6) is 0 Å². The maximum Gasteiger partial charge on any atom is 0.280 e. The Labute approximate surface area is 107 Å². The lowest BCUT2D eigenvalue weighted by Crippen LogP contribution is -2.37. The quantitative estimate of drug-likeness (QED) is 0.737. The number of hydrogen-bond donors (Lipinski definition) is 0. The molecule has 2 radical (unpaired) electrons. The van der Waals surface area contributed by atoms with Gasteiger partial charge in [-0.1, -0.05) is 13.3 Å². The predicted molar refractivity (Wildman–Crippen MR) is 72.4 cm³/mol. The molecule has 0 aliphatic heterocycles. The van der Waals surface area contributed by atoms with Gasteiger partial charge in [0.25, 0.3) is 5.56 Å². The zero-order valence-corrected chi connectivity index (χ0v) is 11.3. The first kappa shape index (κ1) is 12.9. The molecule has 0 atom stereocenters. The van der Waals surface area contributed by atoms with Gasteiger partial charge >= 0.3 is 0 Å². The topological polar surface area (TPSA) is 52.7 Å². The van der Waals surface area contributed by atoms with Crippen molar-refractivity contribution in [2.75, 3.05) is 0 Å². The fourth-order valence-electron chi connectivity index (χ4n) is 2.27. The lowest BCUT2D eigenvalue weighted by atomic mass is 9.98. The van der Waals surface area contributed by atoms with Crippen molar-refractivity contribution in [3.8, 4) is 0 Å². The molecule has 0 aliphatic carbocycles. The van der Waals surface area contributed by atoms with Crippen LogP contribution < -0.4 is 11.3 Å². The van der Waals surface area contributed by atoms with Crippen LogP contribution in [0.4, 0.5) is 0 Å². The van der Waals surface area contributed by atoms with Crippen molar-refractivity contribution in [2.24, 2.45) is 7.05 Å². The van der Waals surface area contributed by atoms with Crippen LogP contribution in [0.25, 0.3) is 11.2 Å². The summed E-state index contributed by atoms with van der Waals surface area (Å²) in [7, 11) is 7.43. The molecular weight excluding hydrogens is 227 g/mol. The van der Waals surface area contributed by atoms with E-state index in [1.807, 2.05) is 13.8 Å². The smallest absolute Gasteiger partial charge is 0.280 e. The van der Waals surface area contributed by atoms with Crippen molar-refractivity contribution in [1.82, 2.24) is 19.1 Å². The van der Waals surface area contributed by atoms with Crippen molar-refractivity contribution in [1.29, 1.82) is 0 Å². The molecule has 0 spiro atoms. The highest BCUT2D eigenvalue weighted by Crippen LogP contribution is 2.19. The van der Waals surface area contributed by atoms with Crippen molar-refractivity contribution < 1.29 is 0 Å². The average molecular weight is 244 g/mol. The molecule has 0 unspecified atom stereocenters. The summed E-state index contributed by atoms with van der Waals surface area (Å²) in [5.74, 6) is 0. The van der Waals surface area contributed by atoms with Crippen LogP contribution in [-0.4, -0.2) is 26.9 Å². The molecule has 2 rings (SSSR count). The lowest BCUT2D eigenvalue weighted by molar-refractivity contribution is 0.312. The SMILES string of the molecule is [B]c1nc2ncn(C(C)(C)CCC)c(=O)c2n1C. The number of aromatic nitrogens is 4. The molecule has 0 N–H and O–H groups in total. The van der Waals surface area contributed by atoms with Crippen molar-refractivity contribution in [3.63, 3.8) is 0 Å². The Bertz CT molecular complexity index is 641. The van der Waals surface area contributed by atoms with Gasteiger partial charge in [0.2, 0.25) is 0 Å². The van der Waals surface area contributed by atoms with Crippen LogP contribution in [0.2, 0.25) is 0 Å². The summed E-state index contributed by atoms with van der Waals surface area (Å²) in [4.78, 5) is 20.8. The van der Waals surface area contributed by atoms with Gasteiger partial charge in [-0.3, -0.25) is 9.36 Å². The summed E-state index contributed by atoms with van der Waals surface area (Å²) in [6.45, 7) is 6.16. The number of fused-ring (bicyclic) bond motifs is 1. The zero-order valence-electron chi connectivity index (χ0n) is 11.3. The first-order chi connectivity index (χ1) is 8.38. The van der Waals surface area contributed by atoms with Crippen LogP contribution in [0, 0.1) is 0 Å². The second kappa shape index (κ2) is 4.26. The van der Waals surface area contributed by atoms with Crippen LogP contribution >= 0.6 is 0 Å². The van der Waals surface area contributed by atoms with E-state index in [4.69, 9.17) is 7.85 Å². The summed E-state index contributed by atoms with van der Waals surface area (Å²) in [5.41, 5.74) is 0.819. The van der Waals surface area contributed by atoms with Crippen LogP contribution in [0.1, 0.15) is 33.6 Å². The second-order valence-electron chi connectivity index (χ2n) is 5.18. The highest BCUT2D eigenvalue weighted by atomic mass is 16.1. The number of aryl methyl sites for hydroxylation is 1. The Morgan fingerprint density at radius 3 is 2.72 bits per heavy atom. The van der Waals surface area contributed by atoms with E-state index >= 15 is 0 Å². The summed E-state index contributed by atoms with van der Waals surface area (Å²) in [6.07, 6.45) is 3.48. The van der Waals surface area contributed by atoms with Gasteiger partial charge < -0.3 is 4.57 Å². The highest BCUT2D eigenvalue weighted by Gasteiger charge is 2.23. The van der Waals surface area contributed by atoms with Gasteiger partial charge in [0, 0.05) is 12.6 Å². The largest absolute Gasteiger partial charge is 0.335 e. The van der Waals surface area contributed by atoms with E-state index in [1.54, 1.807) is 22.5 Å². The third kappa shape index (κ3) is 1.85. The van der Waals surface area contributed by atoms with E-state index in [9.17, 15) is 4.79 Å². The molecule has 2 heterocycles. The fraction of sp³-hybridized carbons (Fsp3) is 0.583. The van der Waals surface area contributed by atoms with Crippen LogP contribution in [0.3, 0.4) is 0 Å². The Balaban J connectivity index is 2.72. The molecular formula is C12H17BN4O. The molecule has 94 valence electrons. The number of nitrogens with zero attached hydrogens (tertiary/aromatic N) is 4. The van der Waals surface area contributed by atoms with Gasteiger partial charge in [0.05, 0.1) is 5.72 Å². The van der Waals surface area contributed by atoms with Crippen LogP contribution in [-0.2, 0) is 12.6 Å². The minimum atomic E-state index is -0.258. The predicted octanol–water partition coefficient (Wildman–Crippen LogP) is 0.459. The van der Waals surface area contributed by atoms with Crippen molar-refractivity contribution >= 4 is 24.7 Å². The maximum atomic E-state index is 12.5. The van der Waals surface area contributed by atoms with Gasteiger partial charge in [-0.05, 0) is 20.3 Å². The molecule has 0 aromatic carbocycles. The molecule has 0 amide bonds. The van der Waals surface area contributed by atoms with E-state index in [0.29, 0.717) is 16.9 Å². The van der Waals surface area contributed by atoms with Crippen molar-refractivity contribution in [2.45, 2.75) is 39.2 Å². The number of hydrogen-bond acceptors (Lipinski definition) is 3. The summed E-state index contributed by atoms with van der Waals surface area (Å²) < 4.78 is 3.25. The Morgan fingerprint density at radius 1 is 1.44 bits per heavy atom. The summed E-state index contributed by atoms with van der Waals surface area (Å²) >= 11 is 0. The zero-order chi connectivity index (χ0) is 13.5. The lowest BCUT2D eigenvalue weighted by Gasteiger charge is -2.26. The van der Waals surface area contributed by atoms with E-state index in [0.717, 1.165) is 12.8 Å². The summed E-state index contributed by atoms with van der Waals surface area (Å²) in [6, 6.07) is 0. The monoisotopic (exact) mass is 244 g/mol. The molecule has 0 saturated carbocycles. The third-order valence-corrected chi connectivity index (χ3v) is 3.34. The van der Waals surface area contributed by atoms with E-state index in [2.05, 4.69) is 16.9 Å². The maximum absolute atomic E-state index is 12.5. The minimum Gasteiger partial charge on any atom is -0.335 e. The minimum absolute atomic E-state index is 0.0925. The summed E-state index contributed by atoms with van der Waals surface area (Å²) in [5, 5.41) is 0. The molecule has 2 aromatic heterocycles. The standard InChI is InChI=1S/C12H17BN4O/c1-5-6-12(2,3)17-7-14-9-8(10(17)18)16(4)11(13)15-9/h7H,5-6H2,1-4H3. The highest BCUT2D eigenvalue weighted by molar-refractivity contribution is 6.30. The van der Waals surface area contributed by atoms with Crippen LogP contribution in [0.15, 0.2) is 11.1 Å². The Kier molecular flexibility index (Phi) is 3.05. The van der Waals surface area contributed by atoms with E-state index in [-0.39, 0.29) is 11.1 Å². The third-order valence-electron chi connectivity index (χ3n) is 3.34. The van der Waals surface area contributed by atoms with Gasteiger partial charge in [0.15, 0.2) is 19.0 Å². The first-order valence-corrected chi connectivity index (χ1v) is 6.08. The van der Waals surface area contributed by atoms with Gasteiger partial charge in [-0.15, -0.1) is 0 Å². The molecule has 0 fully saturated rings. The molecule has 0 bridgehead atoms. The van der Waals surface area contributed by atoms with Gasteiger partial charge in [-0.2, -0.15) is 0 Å². The molecule has 6 heteroatoms. The molecule has 5 nitrogen and oxygen atoms in total. The number of rotatable bonds is 3. The first-order valence-electron chi connectivity index (χ1n) is 6.08. The molecule has 2 aromatic rings. The fourth-order valence-corrected chi connectivity index (χ4v) is 2.27. The van der Waals surface area contributed by atoms with E-state index in [1.165, 1.54) is 0 Å². The average Bonchev–Trinajstić information content (AvgIpc) is 2.55. The number of imidazole rings is 1. The Morgan fingerprint density at radius 2 is 2.11 bits per heavy atom. The van der Waals surface area contributed by atoms with Gasteiger partial charge in [-0.25, -0.2) is 9.97 Å².